The minimum Gasteiger partial charge on any atom is -0.445 e. The van der Waals surface area contributed by atoms with Crippen LogP contribution in [0.15, 0.2) is 16.5 Å². The molecule has 1 aromatic rings. The number of furan rings is 1. The van der Waals surface area contributed by atoms with Crippen molar-refractivity contribution >= 4 is 11.8 Å². The van der Waals surface area contributed by atoms with Crippen molar-refractivity contribution in [3.63, 3.8) is 0 Å². The van der Waals surface area contributed by atoms with Gasteiger partial charge in [-0.3, -0.25) is 15.0 Å². The van der Waals surface area contributed by atoms with Gasteiger partial charge in [-0.25, -0.2) is 0 Å². The zero-order valence-electron chi connectivity index (χ0n) is 9.16. The molecular weight excluding hydrogens is 208 g/mol. The van der Waals surface area contributed by atoms with Gasteiger partial charge in [0.2, 0.25) is 11.8 Å². The van der Waals surface area contributed by atoms with Crippen molar-refractivity contribution in [1.29, 1.82) is 0 Å². The molecular formula is C11H14N2O3. The number of piperazine rings is 1. The Labute approximate surface area is 93.4 Å². The fourth-order valence-electron chi connectivity index (χ4n) is 2.11. The SMILES string of the molecule is Cc1ccc(N2CC3(COC3)NCC2=O)o1. The van der Waals surface area contributed by atoms with Gasteiger partial charge in [0, 0.05) is 6.07 Å². The number of carbonyl (C=O) groups is 1. The van der Waals surface area contributed by atoms with Gasteiger partial charge < -0.3 is 9.15 Å². The highest BCUT2D eigenvalue weighted by atomic mass is 16.5. The zero-order valence-corrected chi connectivity index (χ0v) is 9.16. The van der Waals surface area contributed by atoms with Crippen LogP contribution in [0.25, 0.3) is 0 Å². The molecule has 1 amide bonds. The first-order chi connectivity index (χ1) is 7.69. The molecule has 3 rings (SSSR count). The van der Waals surface area contributed by atoms with Gasteiger partial charge >= 0.3 is 0 Å². The monoisotopic (exact) mass is 222 g/mol. The highest BCUT2D eigenvalue weighted by Gasteiger charge is 2.45. The molecule has 2 fully saturated rings. The zero-order chi connectivity index (χ0) is 11.2. The number of nitrogens with zero attached hydrogens (tertiary/aromatic N) is 1. The van der Waals surface area contributed by atoms with E-state index in [1.165, 1.54) is 0 Å². The van der Waals surface area contributed by atoms with Gasteiger partial charge in [0.05, 0.1) is 31.8 Å². The van der Waals surface area contributed by atoms with E-state index in [0.717, 1.165) is 5.76 Å². The van der Waals surface area contributed by atoms with Gasteiger partial charge in [0.1, 0.15) is 5.76 Å². The van der Waals surface area contributed by atoms with Crippen LogP contribution in [0.4, 0.5) is 5.88 Å². The number of aryl methyl sites for hydroxylation is 1. The molecule has 1 N–H and O–H groups in total. The highest BCUT2D eigenvalue weighted by molar-refractivity contribution is 5.94. The molecule has 0 aromatic carbocycles. The number of anilines is 1. The first-order valence-corrected chi connectivity index (χ1v) is 5.38. The average molecular weight is 222 g/mol. The number of amides is 1. The van der Waals surface area contributed by atoms with Crippen LogP contribution in [0.1, 0.15) is 5.76 Å². The van der Waals surface area contributed by atoms with Crippen LogP contribution < -0.4 is 10.2 Å². The lowest BCUT2D eigenvalue weighted by molar-refractivity contribution is -0.126. The van der Waals surface area contributed by atoms with Gasteiger partial charge in [0.25, 0.3) is 0 Å². The molecule has 0 saturated carbocycles. The number of hydrogen-bond donors (Lipinski definition) is 1. The molecule has 0 bridgehead atoms. The lowest BCUT2D eigenvalue weighted by atomic mass is 9.94. The number of hydrogen-bond acceptors (Lipinski definition) is 4. The highest BCUT2D eigenvalue weighted by Crippen LogP contribution is 2.26. The molecule has 16 heavy (non-hydrogen) atoms. The molecule has 1 aromatic heterocycles. The molecule has 0 unspecified atom stereocenters. The maximum Gasteiger partial charge on any atom is 0.243 e. The number of carbonyl (C=O) groups excluding carboxylic acids is 1. The fraction of sp³-hybridized carbons (Fsp3) is 0.545. The molecule has 3 heterocycles. The Morgan fingerprint density at radius 1 is 1.44 bits per heavy atom. The Kier molecular flexibility index (Phi) is 2.05. The van der Waals surface area contributed by atoms with Crippen molar-refractivity contribution in [3.05, 3.63) is 17.9 Å². The summed E-state index contributed by atoms with van der Waals surface area (Å²) < 4.78 is 10.7. The number of ether oxygens (including phenoxy) is 1. The molecule has 0 radical (unpaired) electrons. The molecule has 0 atom stereocenters. The van der Waals surface area contributed by atoms with Crippen molar-refractivity contribution in [1.82, 2.24) is 5.32 Å². The summed E-state index contributed by atoms with van der Waals surface area (Å²) in [5.41, 5.74) is -0.0609. The summed E-state index contributed by atoms with van der Waals surface area (Å²) in [6.45, 7) is 4.17. The number of rotatable bonds is 1. The largest absolute Gasteiger partial charge is 0.445 e. The number of nitrogens with one attached hydrogen (secondary N) is 1. The summed E-state index contributed by atoms with van der Waals surface area (Å²) in [5, 5.41) is 3.23. The van der Waals surface area contributed by atoms with Crippen molar-refractivity contribution in [2.45, 2.75) is 12.5 Å². The topological polar surface area (TPSA) is 54.7 Å². The molecule has 0 aliphatic carbocycles. The lowest BCUT2D eigenvalue weighted by Gasteiger charge is -2.47. The van der Waals surface area contributed by atoms with Gasteiger partial charge in [0.15, 0.2) is 0 Å². The normalized spacial score (nSPS) is 23.6. The molecule has 2 saturated heterocycles. The average Bonchev–Trinajstić information content (AvgIpc) is 2.63. The van der Waals surface area contributed by atoms with Crippen LogP contribution in [-0.4, -0.2) is 37.7 Å². The Balaban J connectivity index is 1.84. The summed E-state index contributed by atoms with van der Waals surface area (Å²) in [7, 11) is 0. The van der Waals surface area contributed by atoms with E-state index < -0.39 is 0 Å². The van der Waals surface area contributed by atoms with Gasteiger partial charge in [-0.05, 0) is 13.0 Å². The lowest BCUT2D eigenvalue weighted by Crippen LogP contribution is -2.71. The minimum absolute atomic E-state index is 0.0480. The third kappa shape index (κ3) is 1.44. The summed E-state index contributed by atoms with van der Waals surface area (Å²) in [5.74, 6) is 1.50. The minimum atomic E-state index is -0.0609. The molecule has 1 spiro atoms. The van der Waals surface area contributed by atoms with Gasteiger partial charge in [-0.1, -0.05) is 0 Å². The van der Waals surface area contributed by atoms with E-state index in [2.05, 4.69) is 5.32 Å². The van der Waals surface area contributed by atoms with E-state index in [9.17, 15) is 4.79 Å². The third-order valence-electron chi connectivity index (χ3n) is 3.13. The van der Waals surface area contributed by atoms with E-state index >= 15 is 0 Å². The third-order valence-corrected chi connectivity index (χ3v) is 3.13. The van der Waals surface area contributed by atoms with Crippen LogP contribution >= 0.6 is 0 Å². The first kappa shape index (κ1) is 9.86. The van der Waals surface area contributed by atoms with E-state index in [-0.39, 0.29) is 11.4 Å². The van der Waals surface area contributed by atoms with Crippen LogP contribution in [0, 0.1) is 6.92 Å². The predicted octanol–water partition coefficient (Wildman–Crippen LogP) is 0.293. The second-order valence-corrected chi connectivity index (χ2v) is 4.49. The summed E-state index contributed by atoms with van der Waals surface area (Å²) in [6, 6.07) is 3.71. The Bertz CT molecular complexity index is 423. The van der Waals surface area contributed by atoms with Gasteiger partial charge in [-0.2, -0.15) is 0 Å². The smallest absolute Gasteiger partial charge is 0.243 e. The molecule has 86 valence electrons. The maximum atomic E-state index is 11.8. The predicted molar refractivity (Wildman–Crippen MR) is 57.4 cm³/mol. The summed E-state index contributed by atoms with van der Waals surface area (Å²) >= 11 is 0. The summed E-state index contributed by atoms with van der Waals surface area (Å²) in [6.07, 6.45) is 0. The molecule has 5 heteroatoms. The Morgan fingerprint density at radius 2 is 2.25 bits per heavy atom. The quantitative estimate of drug-likeness (QED) is 0.742. The van der Waals surface area contributed by atoms with Crippen LogP contribution in [0.3, 0.4) is 0 Å². The molecule has 2 aliphatic heterocycles. The Morgan fingerprint density at radius 3 is 2.81 bits per heavy atom. The van der Waals surface area contributed by atoms with E-state index in [1.54, 1.807) is 4.90 Å². The van der Waals surface area contributed by atoms with Crippen LogP contribution in [-0.2, 0) is 9.53 Å². The van der Waals surface area contributed by atoms with Crippen molar-refractivity contribution in [3.8, 4) is 0 Å². The van der Waals surface area contributed by atoms with Crippen molar-refractivity contribution in [2.24, 2.45) is 0 Å². The van der Waals surface area contributed by atoms with Crippen molar-refractivity contribution in [2.75, 3.05) is 31.2 Å². The van der Waals surface area contributed by atoms with E-state index in [4.69, 9.17) is 9.15 Å². The summed E-state index contributed by atoms with van der Waals surface area (Å²) in [4.78, 5) is 13.5. The maximum absolute atomic E-state index is 11.8. The molecule has 2 aliphatic rings. The second kappa shape index (κ2) is 3.33. The molecule has 5 nitrogen and oxygen atoms in total. The fourth-order valence-corrected chi connectivity index (χ4v) is 2.11. The Hall–Kier alpha value is -1.33. The first-order valence-electron chi connectivity index (χ1n) is 5.38. The van der Waals surface area contributed by atoms with Crippen LogP contribution in [0.5, 0.6) is 0 Å². The standard InChI is InChI=1S/C11H14N2O3/c1-8-2-3-10(16-8)13-5-11(6-15-7-11)12-4-9(13)14/h2-3,12H,4-7H2,1H3. The van der Waals surface area contributed by atoms with Crippen molar-refractivity contribution < 1.29 is 13.9 Å². The van der Waals surface area contributed by atoms with Crippen LogP contribution in [0.2, 0.25) is 0 Å². The van der Waals surface area contributed by atoms with E-state index in [1.807, 2.05) is 19.1 Å². The van der Waals surface area contributed by atoms with E-state index in [0.29, 0.717) is 32.2 Å². The second-order valence-electron chi connectivity index (χ2n) is 4.49. The van der Waals surface area contributed by atoms with Gasteiger partial charge in [-0.15, -0.1) is 0 Å².